The lowest BCUT2D eigenvalue weighted by Crippen LogP contribution is -1.96. The first-order valence-corrected chi connectivity index (χ1v) is 4.30. The van der Waals surface area contributed by atoms with Crippen LogP contribution in [0.25, 0.3) is 11.1 Å². The van der Waals surface area contributed by atoms with Crippen molar-refractivity contribution in [2.45, 2.75) is 6.92 Å². The van der Waals surface area contributed by atoms with Crippen LogP contribution in [0, 0.1) is 6.92 Å². The summed E-state index contributed by atoms with van der Waals surface area (Å²) in [5, 5.41) is 12.5. The van der Waals surface area contributed by atoms with E-state index in [9.17, 15) is 4.79 Å². The molecule has 2 aromatic rings. The van der Waals surface area contributed by atoms with Gasteiger partial charge in [-0.25, -0.2) is 4.79 Å². The Hall–Kier alpha value is -2.17. The van der Waals surface area contributed by atoms with Crippen molar-refractivity contribution >= 4 is 5.97 Å². The zero-order valence-electron chi connectivity index (χ0n) is 7.97. The lowest BCUT2D eigenvalue weighted by atomic mass is 10.1. The van der Waals surface area contributed by atoms with E-state index in [1.54, 1.807) is 31.5 Å². The Labute approximate surface area is 85.4 Å². The molecule has 0 aliphatic rings. The van der Waals surface area contributed by atoms with Crippen LogP contribution in [0.3, 0.4) is 0 Å². The molecule has 0 unspecified atom stereocenters. The van der Waals surface area contributed by atoms with Crippen molar-refractivity contribution in [1.82, 2.24) is 10.1 Å². The molecule has 0 aliphatic carbocycles. The van der Waals surface area contributed by atoms with Crippen molar-refractivity contribution in [3.8, 4) is 11.1 Å². The molecule has 1 N–H and O–H groups in total. The predicted molar refractivity (Wildman–Crippen MR) is 51.4 cm³/mol. The van der Waals surface area contributed by atoms with Gasteiger partial charge in [-0.3, -0.25) is 4.98 Å². The summed E-state index contributed by atoms with van der Waals surface area (Å²) in [4.78, 5) is 14.8. The molecule has 0 spiro atoms. The molecular formula is C10H8N2O3. The molecule has 0 aliphatic heterocycles. The normalized spacial score (nSPS) is 10.2. The fourth-order valence-corrected chi connectivity index (χ4v) is 1.37. The van der Waals surface area contributed by atoms with Crippen LogP contribution in [0.1, 0.15) is 16.2 Å². The Morgan fingerprint density at radius 1 is 1.53 bits per heavy atom. The fraction of sp³-hybridized carbons (Fsp3) is 0.100. The first-order valence-electron chi connectivity index (χ1n) is 4.30. The summed E-state index contributed by atoms with van der Waals surface area (Å²) in [6.45, 7) is 1.69. The summed E-state index contributed by atoms with van der Waals surface area (Å²) in [6.07, 6.45) is 3.19. The van der Waals surface area contributed by atoms with E-state index in [0.717, 1.165) is 0 Å². The first-order chi connectivity index (χ1) is 7.20. The van der Waals surface area contributed by atoms with Crippen LogP contribution in [0.5, 0.6) is 0 Å². The van der Waals surface area contributed by atoms with Crippen molar-refractivity contribution < 1.29 is 14.4 Å². The Balaban J connectivity index is 2.62. The number of aryl methyl sites for hydroxylation is 1. The molecule has 0 bridgehead atoms. The van der Waals surface area contributed by atoms with Crippen LogP contribution in [-0.2, 0) is 0 Å². The van der Waals surface area contributed by atoms with Gasteiger partial charge in [0.1, 0.15) is 0 Å². The van der Waals surface area contributed by atoms with Gasteiger partial charge in [-0.15, -0.1) is 0 Å². The molecule has 0 saturated carbocycles. The van der Waals surface area contributed by atoms with Gasteiger partial charge in [0, 0.05) is 18.0 Å². The van der Waals surface area contributed by atoms with Gasteiger partial charge < -0.3 is 9.63 Å². The van der Waals surface area contributed by atoms with Gasteiger partial charge in [-0.05, 0) is 13.0 Å². The Bertz CT molecular complexity index is 491. The van der Waals surface area contributed by atoms with E-state index in [2.05, 4.69) is 10.1 Å². The van der Waals surface area contributed by atoms with Crippen LogP contribution in [-0.4, -0.2) is 21.2 Å². The minimum Gasteiger partial charge on any atom is -0.475 e. The largest absolute Gasteiger partial charge is 0.475 e. The third-order valence-corrected chi connectivity index (χ3v) is 2.01. The molecule has 0 atom stereocenters. The topological polar surface area (TPSA) is 76.2 Å². The Kier molecular flexibility index (Phi) is 2.21. The maximum atomic E-state index is 10.9. The van der Waals surface area contributed by atoms with Crippen molar-refractivity contribution in [3.05, 3.63) is 36.0 Å². The average molecular weight is 204 g/mol. The standard InChI is InChI=1S/C10H8N2O3/c1-6-8(7-3-2-4-11-5-7)9(10(13)14)15-12-6/h2-5H,1H3,(H,13,14). The number of hydrogen-bond donors (Lipinski definition) is 1. The molecule has 15 heavy (non-hydrogen) atoms. The molecule has 0 aromatic carbocycles. The highest BCUT2D eigenvalue weighted by molar-refractivity contribution is 5.93. The lowest BCUT2D eigenvalue weighted by molar-refractivity contribution is 0.0653. The van der Waals surface area contributed by atoms with Crippen LogP contribution in [0.4, 0.5) is 0 Å². The summed E-state index contributed by atoms with van der Waals surface area (Å²) in [5.41, 5.74) is 1.71. The maximum Gasteiger partial charge on any atom is 0.375 e. The van der Waals surface area contributed by atoms with E-state index < -0.39 is 5.97 Å². The highest BCUT2D eigenvalue weighted by Crippen LogP contribution is 2.26. The van der Waals surface area contributed by atoms with E-state index in [4.69, 9.17) is 9.63 Å². The average Bonchev–Trinajstić information content (AvgIpc) is 2.61. The van der Waals surface area contributed by atoms with Gasteiger partial charge in [-0.1, -0.05) is 11.2 Å². The number of nitrogens with zero attached hydrogens (tertiary/aromatic N) is 2. The minimum atomic E-state index is -1.13. The Morgan fingerprint density at radius 3 is 2.93 bits per heavy atom. The molecule has 0 radical (unpaired) electrons. The molecule has 2 rings (SSSR count). The van der Waals surface area contributed by atoms with E-state index >= 15 is 0 Å². The van der Waals surface area contributed by atoms with Crippen molar-refractivity contribution in [1.29, 1.82) is 0 Å². The van der Waals surface area contributed by atoms with Gasteiger partial charge >= 0.3 is 5.97 Å². The number of aromatic carboxylic acids is 1. The number of hydrogen-bond acceptors (Lipinski definition) is 4. The highest BCUT2D eigenvalue weighted by Gasteiger charge is 2.20. The van der Waals surface area contributed by atoms with E-state index in [0.29, 0.717) is 16.8 Å². The zero-order chi connectivity index (χ0) is 10.8. The fourth-order valence-electron chi connectivity index (χ4n) is 1.37. The van der Waals surface area contributed by atoms with Gasteiger partial charge in [-0.2, -0.15) is 0 Å². The Morgan fingerprint density at radius 2 is 2.33 bits per heavy atom. The molecule has 2 heterocycles. The molecule has 5 heteroatoms. The van der Waals surface area contributed by atoms with E-state index in [-0.39, 0.29) is 5.76 Å². The second-order valence-corrected chi connectivity index (χ2v) is 3.02. The summed E-state index contributed by atoms with van der Waals surface area (Å²) >= 11 is 0. The van der Waals surface area contributed by atoms with Crippen molar-refractivity contribution in [2.24, 2.45) is 0 Å². The number of carbonyl (C=O) groups is 1. The molecule has 0 amide bonds. The SMILES string of the molecule is Cc1noc(C(=O)O)c1-c1cccnc1. The summed E-state index contributed by atoms with van der Waals surface area (Å²) in [6, 6.07) is 3.49. The minimum absolute atomic E-state index is 0.152. The molecule has 0 saturated heterocycles. The highest BCUT2D eigenvalue weighted by atomic mass is 16.5. The maximum absolute atomic E-state index is 10.9. The number of carboxylic acids is 1. The van der Waals surface area contributed by atoms with Crippen molar-refractivity contribution in [3.63, 3.8) is 0 Å². The predicted octanol–water partition coefficient (Wildman–Crippen LogP) is 1.74. The number of aromatic nitrogens is 2. The van der Waals surface area contributed by atoms with Crippen LogP contribution in [0.2, 0.25) is 0 Å². The van der Waals surface area contributed by atoms with Gasteiger partial charge in [0.25, 0.3) is 5.76 Å². The number of carboxylic acid groups (broad SMARTS) is 1. The third-order valence-electron chi connectivity index (χ3n) is 2.01. The summed E-state index contributed by atoms with van der Waals surface area (Å²) < 4.78 is 4.73. The molecular weight excluding hydrogens is 196 g/mol. The number of rotatable bonds is 2. The summed E-state index contributed by atoms with van der Waals surface area (Å²) in [5.74, 6) is -1.28. The van der Waals surface area contributed by atoms with Gasteiger partial charge in [0.05, 0.1) is 11.3 Å². The quantitative estimate of drug-likeness (QED) is 0.806. The smallest absolute Gasteiger partial charge is 0.375 e. The van der Waals surface area contributed by atoms with Crippen molar-refractivity contribution in [2.75, 3.05) is 0 Å². The van der Waals surface area contributed by atoms with Crippen LogP contribution < -0.4 is 0 Å². The van der Waals surface area contributed by atoms with Crippen LogP contribution in [0.15, 0.2) is 29.0 Å². The van der Waals surface area contributed by atoms with Gasteiger partial charge in [0.2, 0.25) is 0 Å². The zero-order valence-corrected chi connectivity index (χ0v) is 7.97. The second kappa shape index (κ2) is 3.53. The molecule has 76 valence electrons. The van der Waals surface area contributed by atoms with Crippen LogP contribution >= 0.6 is 0 Å². The van der Waals surface area contributed by atoms with E-state index in [1.165, 1.54) is 0 Å². The third kappa shape index (κ3) is 1.59. The molecule has 0 fully saturated rings. The molecule has 2 aromatic heterocycles. The first kappa shape index (κ1) is 9.39. The second-order valence-electron chi connectivity index (χ2n) is 3.02. The molecule has 5 nitrogen and oxygen atoms in total. The number of pyridine rings is 1. The lowest BCUT2D eigenvalue weighted by Gasteiger charge is -1.97. The van der Waals surface area contributed by atoms with E-state index in [1.807, 2.05) is 0 Å². The van der Waals surface area contributed by atoms with Gasteiger partial charge in [0.15, 0.2) is 0 Å². The monoisotopic (exact) mass is 204 g/mol. The summed E-state index contributed by atoms with van der Waals surface area (Å²) in [7, 11) is 0.